The first-order chi connectivity index (χ1) is 33.8. The van der Waals surface area contributed by atoms with Gasteiger partial charge in [-0.15, -0.1) is 0 Å². The van der Waals surface area contributed by atoms with E-state index in [-0.39, 0.29) is 13.1 Å². The molecule has 422 valence electrons. The highest BCUT2D eigenvalue weighted by Gasteiger charge is 2.52. The zero-order valence-electron chi connectivity index (χ0n) is 38.8. The van der Waals surface area contributed by atoms with Crippen LogP contribution in [0.3, 0.4) is 0 Å². The number of aliphatic carboxylic acids is 1. The van der Waals surface area contributed by atoms with E-state index in [1.165, 1.54) is 18.9 Å². The van der Waals surface area contributed by atoms with Crippen LogP contribution in [0.25, 0.3) is 0 Å². The summed E-state index contributed by atoms with van der Waals surface area (Å²) in [5, 5.41) is 208. The fraction of sp³-hybridized carbons (Fsp3) is 0.975. The van der Waals surface area contributed by atoms with Crippen LogP contribution in [0.4, 0.5) is 0 Å². The van der Waals surface area contributed by atoms with Crippen LogP contribution in [0.15, 0.2) is 0 Å². The number of aliphatic hydroxyl groups excluding tert-OH is 19. The van der Waals surface area contributed by atoms with Crippen LogP contribution in [0.1, 0.15) is 6.92 Å². The number of hydrogen-bond acceptors (Lipinski definition) is 31. The number of ether oxygens (including phenoxy) is 10. The molecule has 20 N–H and O–H groups in total. The van der Waals surface area contributed by atoms with Gasteiger partial charge in [0.15, 0.2) is 31.5 Å². The molecule has 0 aromatic rings. The standard InChI is InChI=1S/C40H71NO31/c1-11(3-41(2)4-18(44)45)19(46)20(47)12(43)6-63-36-32(59)27(54)22(49)14(69-36)8-65-38-34(61)29(56)24(51)16(71-38)10-67-40-35(62)30(57)25(52)17(72-40)9-66-39-33(60)28(55)23(50)15(70-39)7-64-37-31(58)26(53)21(48)13(5-42)68-37/h11-17,19-40,42-43,46-62H,3-10H2,1-2H3,(H,44,45)/t11?,12-,13-,14-,15-,16-,17-,19-,20-,21-,22-,23-,24-,25-,26+,27+,28+,29+,30+,31-,32-,33-,34-,35-,36?,37-,38-,39-,40-/m1/s1. The van der Waals surface area contributed by atoms with Gasteiger partial charge in [0.05, 0.1) is 52.3 Å². The molecule has 0 radical (unpaired) electrons. The molecular formula is C40H71NO31. The van der Waals surface area contributed by atoms with Crippen molar-refractivity contribution in [3.8, 4) is 0 Å². The fourth-order valence-corrected chi connectivity index (χ4v) is 8.48. The maximum absolute atomic E-state index is 11.0. The third kappa shape index (κ3) is 14.6. The van der Waals surface area contributed by atoms with Gasteiger partial charge in [-0.1, -0.05) is 6.92 Å². The second-order valence-corrected chi connectivity index (χ2v) is 18.5. The molecule has 5 aliphatic heterocycles. The highest BCUT2D eigenvalue weighted by Crippen LogP contribution is 2.31. The molecule has 5 fully saturated rings. The summed E-state index contributed by atoms with van der Waals surface area (Å²) in [4.78, 5) is 12.3. The predicted octanol–water partition coefficient (Wildman–Crippen LogP) is -13.2. The molecule has 32 heteroatoms. The Morgan fingerprint density at radius 3 is 1.01 bits per heavy atom. The quantitative estimate of drug-likeness (QED) is 0.0452. The second-order valence-electron chi connectivity index (χ2n) is 18.5. The summed E-state index contributed by atoms with van der Waals surface area (Å²) in [6.45, 7) is -3.53. The minimum absolute atomic E-state index is 0.0117. The van der Waals surface area contributed by atoms with Gasteiger partial charge in [0, 0.05) is 6.54 Å². The summed E-state index contributed by atoms with van der Waals surface area (Å²) in [6.07, 6.45) is -50.8. The number of likely N-dealkylation sites (N-methyl/N-ethyl adjacent to an activating group) is 1. The molecule has 5 aliphatic rings. The van der Waals surface area contributed by atoms with Crippen molar-refractivity contribution in [2.24, 2.45) is 5.92 Å². The van der Waals surface area contributed by atoms with E-state index in [4.69, 9.17) is 52.5 Å². The van der Waals surface area contributed by atoms with Crippen molar-refractivity contribution in [3.63, 3.8) is 0 Å². The Balaban J connectivity index is 1.13. The van der Waals surface area contributed by atoms with E-state index < -0.39 is 223 Å². The zero-order chi connectivity index (χ0) is 53.6. The molecule has 32 nitrogen and oxygen atoms in total. The fourth-order valence-electron chi connectivity index (χ4n) is 8.48. The molecule has 0 saturated carbocycles. The van der Waals surface area contributed by atoms with Crippen molar-refractivity contribution in [1.29, 1.82) is 0 Å². The molecule has 29 atom stereocenters. The third-order valence-electron chi connectivity index (χ3n) is 13.0. The van der Waals surface area contributed by atoms with Gasteiger partial charge in [-0.2, -0.15) is 0 Å². The van der Waals surface area contributed by atoms with Crippen molar-refractivity contribution in [2.75, 3.05) is 59.8 Å². The van der Waals surface area contributed by atoms with E-state index in [2.05, 4.69) is 0 Å². The van der Waals surface area contributed by atoms with Crippen LogP contribution in [-0.2, 0) is 52.2 Å². The first-order valence-electron chi connectivity index (χ1n) is 22.9. The van der Waals surface area contributed by atoms with Crippen LogP contribution < -0.4 is 0 Å². The van der Waals surface area contributed by atoms with Crippen molar-refractivity contribution in [2.45, 2.75) is 179 Å². The Morgan fingerprint density at radius 2 is 0.722 bits per heavy atom. The zero-order valence-corrected chi connectivity index (χ0v) is 38.8. The van der Waals surface area contributed by atoms with Crippen molar-refractivity contribution in [1.82, 2.24) is 4.90 Å². The van der Waals surface area contributed by atoms with Crippen LogP contribution >= 0.6 is 0 Å². The molecule has 0 aromatic heterocycles. The lowest BCUT2D eigenvalue weighted by Crippen LogP contribution is -2.63. The molecule has 72 heavy (non-hydrogen) atoms. The average Bonchev–Trinajstić information content (AvgIpc) is 3.34. The van der Waals surface area contributed by atoms with Gasteiger partial charge in [-0.05, 0) is 13.0 Å². The summed E-state index contributed by atoms with van der Waals surface area (Å²) < 4.78 is 54.8. The number of hydrogen-bond donors (Lipinski definition) is 20. The van der Waals surface area contributed by atoms with Crippen molar-refractivity contribution < 1.29 is 154 Å². The van der Waals surface area contributed by atoms with Gasteiger partial charge in [-0.3, -0.25) is 9.69 Å². The molecule has 0 amide bonds. The van der Waals surface area contributed by atoms with E-state index in [0.717, 1.165) is 0 Å². The Morgan fingerprint density at radius 1 is 0.444 bits per heavy atom. The SMILES string of the molecule is CC(CN(C)CC(=O)O)[C@@H](O)[C@H](O)[C@H](O)COC1O[C@H](CO[C@@H]2O[C@H](CO[C@@H]3O[C@H](CO[C@@H]4O[C@H](CO[C@@H]5O[C@H](CO)[C@@H](O)[C@H](O)[C@H]5O)[C@@H](O)[C@H](O)[C@H]4O)[C@@H](O)[C@H](O)[C@H]3O)[C@@H](O)[C@H](O)[C@H]2O)[C@@H](O)[C@H](O)[C@H]1O. The van der Waals surface area contributed by atoms with E-state index in [1.807, 2.05) is 0 Å². The average molecular weight is 1060 g/mol. The van der Waals surface area contributed by atoms with Gasteiger partial charge in [0.2, 0.25) is 0 Å². The second kappa shape index (κ2) is 27.0. The van der Waals surface area contributed by atoms with E-state index in [1.54, 1.807) is 0 Å². The first kappa shape index (κ1) is 61.1. The monoisotopic (exact) mass is 1060 g/mol. The Labute approximate surface area is 409 Å². The van der Waals surface area contributed by atoms with E-state index >= 15 is 0 Å². The molecule has 5 saturated heterocycles. The van der Waals surface area contributed by atoms with Crippen LogP contribution in [-0.4, -0.2) is 345 Å². The van der Waals surface area contributed by atoms with Gasteiger partial charge in [-0.25, -0.2) is 0 Å². The van der Waals surface area contributed by atoms with E-state index in [0.29, 0.717) is 0 Å². The lowest BCUT2D eigenvalue weighted by molar-refractivity contribution is -0.351. The van der Waals surface area contributed by atoms with Crippen LogP contribution in [0, 0.1) is 5.92 Å². The molecule has 0 spiro atoms. The molecule has 0 aromatic carbocycles. The maximum atomic E-state index is 11.0. The topological polar surface area (TPSA) is 517 Å². The lowest BCUT2D eigenvalue weighted by atomic mass is 9.96. The molecule has 2 unspecified atom stereocenters. The van der Waals surface area contributed by atoms with Crippen molar-refractivity contribution in [3.05, 3.63) is 0 Å². The van der Waals surface area contributed by atoms with Crippen LogP contribution in [0.5, 0.6) is 0 Å². The number of carboxylic acids is 1. The van der Waals surface area contributed by atoms with Crippen LogP contribution in [0.2, 0.25) is 0 Å². The Bertz CT molecular complexity index is 1630. The maximum Gasteiger partial charge on any atom is 0.317 e. The number of carboxylic acid groups (broad SMARTS) is 1. The van der Waals surface area contributed by atoms with Gasteiger partial charge < -0.3 is 149 Å². The molecular weight excluding hydrogens is 990 g/mol. The van der Waals surface area contributed by atoms with Gasteiger partial charge >= 0.3 is 5.97 Å². The minimum atomic E-state index is -2.02. The molecule has 0 bridgehead atoms. The Hall–Kier alpha value is -1.73. The molecule has 0 aliphatic carbocycles. The third-order valence-corrected chi connectivity index (χ3v) is 13.0. The summed E-state index contributed by atoms with van der Waals surface area (Å²) in [7, 11) is 1.46. The summed E-state index contributed by atoms with van der Waals surface area (Å²) in [6, 6.07) is 0. The number of nitrogens with zero attached hydrogens (tertiary/aromatic N) is 1. The number of aliphatic hydroxyl groups is 19. The number of rotatable bonds is 23. The summed E-state index contributed by atoms with van der Waals surface area (Å²) in [5.41, 5.74) is 0. The van der Waals surface area contributed by atoms with Gasteiger partial charge in [0.1, 0.15) is 134 Å². The summed E-state index contributed by atoms with van der Waals surface area (Å²) in [5.74, 6) is -1.88. The summed E-state index contributed by atoms with van der Waals surface area (Å²) >= 11 is 0. The highest BCUT2D eigenvalue weighted by atomic mass is 16.8. The smallest absolute Gasteiger partial charge is 0.317 e. The van der Waals surface area contributed by atoms with Gasteiger partial charge in [0.25, 0.3) is 0 Å². The Kier molecular flexibility index (Phi) is 23.0. The highest BCUT2D eigenvalue weighted by molar-refractivity contribution is 5.69. The minimum Gasteiger partial charge on any atom is -0.480 e. The lowest BCUT2D eigenvalue weighted by Gasteiger charge is -2.44. The molecule has 5 heterocycles. The largest absolute Gasteiger partial charge is 0.480 e. The predicted molar refractivity (Wildman–Crippen MR) is 223 cm³/mol. The normalized spacial score (nSPS) is 45.9. The number of carbonyl (C=O) groups is 1. The van der Waals surface area contributed by atoms with Crippen molar-refractivity contribution >= 4 is 5.97 Å². The molecule has 5 rings (SSSR count). The first-order valence-corrected chi connectivity index (χ1v) is 22.9. The van der Waals surface area contributed by atoms with E-state index in [9.17, 15) is 102 Å².